The molecule has 1 aromatic carbocycles. The predicted molar refractivity (Wildman–Crippen MR) is 72.8 cm³/mol. The molecule has 20 heavy (non-hydrogen) atoms. The Balaban J connectivity index is 2.23. The van der Waals surface area contributed by atoms with Gasteiger partial charge in [0.15, 0.2) is 0 Å². The van der Waals surface area contributed by atoms with E-state index in [-0.39, 0.29) is 12.0 Å². The second-order valence-electron chi connectivity index (χ2n) is 5.62. The molecule has 2 atom stereocenters. The average Bonchev–Trinajstić information content (AvgIpc) is 3.19. The van der Waals surface area contributed by atoms with Crippen LogP contribution in [0.5, 0.6) is 0 Å². The highest BCUT2D eigenvalue weighted by molar-refractivity contribution is 5.37. The second kappa shape index (κ2) is 5.85. The van der Waals surface area contributed by atoms with Crippen LogP contribution in [0.3, 0.4) is 0 Å². The lowest BCUT2D eigenvalue weighted by Crippen LogP contribution is -2.40. The number of nitrogens with one attached hydrogen (secondary N) is 1. The quantitative estimate of drug-likeness (QED) is 0.621. The normalized spacial score (nSPS) is 18.1. The molecule has 0 aliphatic heterocycles. The summed E-state index contributed by atoms with van der Waals surface area (Å²) in [6, 6.07) is 3.76. The van der Waals surface area contributed by atoms with Gasteiger partial charge in [0.2, 0.25) is 5.82 Å². The molecule has 6 heteroatoms. The average molecular weight is 282 g/mol. The molecule has 0 saturated heterocycles. The first-order chi connectivity index (χ1) is 9.40. The number of halogens is 1. The van der Waals surface area contributed by atoms with Gasteiger partial charge in [0.25, 0.3) is 0 Å². The molecule has 0 spiro atoms. The third kappa shape index (κ3) is 3.32. The van der Waals surface area contributed by atoms with Crippen molar-refractivity contribution in [2.45, 2.75) is 44.9 Å². The lowest BCUT2D eigenvalue weighted by Gasteiger charge is -2.28. The van der Waals surface area contributed by atoms with Crippen LogP contribution in [0.25, 0.3) is 0 Å². The summed E-state index contributed by atoms with van der Waals surface area (Å²) in [5.74, 6) is -0.725. The van der Waals surface area contributed by atoms with E-state index in [2.05, 4.69) is 5.32 Å². The number of benzene rings is 1. The largest absolute Gasteiger partial charge is 0.387 e. The van der Waals surface area contributed by atoms with E-state index in [4.69, 9.17) is 0 Å². The SMILES string of the molecule is CC(C)C(NC1CC1)C(O)c1ccc(F)c([N+](=O)[O-])c1. The van der Waals surface area contributed by atoms with Crippen LogP contribution in [0.2, 0.25) is 0 Å². The second-order valence-corrected chi connectivity index (χ2v) is 5.62. The van der Waals surface area contributed by atoms with Crippen molar-refractivity contribution >= 4 is 5.69 Å². The summed E-state index contributed by atoms with van der Waals surface area (Å²) in [5, 5.41) is 24.5. The van der Waals surface area contributed by atoms with Gasteiger partial charge in [-0.2, -0.15) is 4.39 Å². The fraction of sp³-hybridized carbons (Fsp3) is 0.571. The smallest absolute Gasteiger partial charge is 0.305 e. The third-order valence-electron chi connectivity index (χ3n) is 3.57. The van der Waals surface area contributed by atoms with E-state index in [1.165, 1.54) is 6.07 Å². The first-order valence-corrected chi connectivity index (χ1v) is 6.78. The van der Waals surface area contributed by atoms with Crippen molar-refractivity contribution in [3.8, 4) is 0 Å². The molecule has 2 rings (SSSR count). The van der Waals surface area contributed by atoms with Crippen molar-refractivity contribution in [3.63, 3.8) is 0 Å². The Morgan fingerprint density at radius 3 is 2.60 bits per heavy atom. The molecule has 110 valence electrons. The van der Waals surface area contributed by atoms with Gasteiger partial charge in [-0.3, -0.25) is 10.1 Å². The topological polar surface area (TPSA) is 75.4 Å². The van der Waals surface area contributed by atoms with Gasteiger partial charge in [-0.15, -0.1) is 0 Å². The van der Waals surface area contributed by atoms with E-state index in [1.54, 1.807) is 0 Å². The zero-order valence-electron chi connectivity index (χ0n) is 11.5. The lowest BCUT2D eigenvalue weighted by atomic mass is 9.93. The van der Waals surface area contributed by atoms with Crippen LogP contribution in [-0.2, 0) is 0 Å². The summed E-state index contributed by atoms with van der Waals surface area (Å²) in [5.41, 5.74) is -0.236. The van der Waals surface area contributed by atoms with Gasteiger partial charge in [-0.1, -0.05) is 19.9 Å². The van der Waals surface area contributed by atoms with Crippen LogP contribution in [-0.4, -0.2) is 22.1 Å². The van der Waals surface area contributed by atoms with E-state index in [0.29, 0.717) is 11.6 Å². The highest BCUT2D eigenvalue weighted by Gasteiger charge is 2.31. The van der Waals surface area contributed by atoms with Crippen molar-refractivity contribution in [2.24, 2.45) is 5.92 Å². The van der Waals surface area contributed by atoms with Crippen molar-refractivity contribution in [1.82, 2.24) is 5.32 Å². The number of nitro benzene ring substituents is 1. The molecule has 1 aromatic rings. The Morgan fingerprint density at radius 1 is 1.45 bits per heavy atom. The molecule has 2 unspecified atom stereocenters. The summed E-state index contributed by atoms with van der Waals surface area (Å²) in [6.07, 6.45) is 1.27. The van der Waals surface area contributed by atoms with E-state index in [0.717, 1.165) is 25.0 Å². The summed E-state index contributed by atoms with van der Waals surface area (Å²) in [4.78, 5) is 9.98. The summed E-state index contributed by atoms with van der Waals surface area (Å²) < 4.78 is 13.3. The number of rotatable bonds is 6. The van der Waals surface area contributed by atoms with E-state index in [1.807, 2.05) is 13.8 Å². The minimum Gasteiger partial charge on any atom is -0.387 e. The first-order valence-electron chi connectivity index (χ1n) is 6.78. The van der Waals surface area contributed by atoms with Gasteiger partial charge < -0.3 is 10.4 Å². The zero-order valence-corrected chi connectivity index (χ0v) is 11.5. The summed E-state index contributed by atoms with van der Waals surface area (Å²) in [6.45, 7) is 3.95. The monoisotopic (exact) mass is 282 g/mol. The van der Waals surface area contributed by atoms with Crippen LogP contribution in [0.4, 0.5) is 10.1 Å². The van der Waals surface area contributed by atoms with Gasteiger partial charge in [0.05, 0.1) is 11.0 Å². The maximum absolute atomic E-state index is 13.3. The molecule has 0 bridgehead atoms. The predicted octanol–water partition coefficient (Wildman–Crippen LogP) is 2.54. The molecule has 1 aliphatic rings. The van der Waals surface area contributed by atoms with Gasteiger partial charge in [0, 0.05) is 18.2 Å². The van der Waals surface area contributed by atoms with E-state index in [9.17, 15) is 19.6 Å². The molecule has 1 fully saturated rings. The molecule has 5 nitrogen and oxygen atoms in total. The molecular formula is C14H19FN2O3. The van der Waals surface area contributed by atoms with Crippen LogP contribution in [0.15, 0.2) is 18.2 Å². The molecule has 1 saturated carbocycles. The molecule has 1 aliphatic carbocycles. The van der Waals surface area contributed by atoms with E-state index >= 15 is 0 Å². The van der Waals surface area contributed by atoms with Crippen LogP contribution in [0, 0.1) is 21.8 Å². The molecule has 0 aromatic heterocycles. The molecule has 0 heterocycles. The van der Waals surface area contributed by atoms with Gasteiger partial charge in [-0.05, 0) is 30.4 Å². The number of aliphatic hydroxyl groups is 1. The highest BCUT2D eigenvalue weighted by atomic mass is 19.1. The van der Waals surface area contributed by atoms with Gasteiger partial charge >= 0.3 is 5.69 Å². The van der Waals surface area contributed by atoms with Crippen LogP contribution < -0.4 is 5.32 Å². The van der Waals surface area contributed by atoms with E-state index < -0.39 is 22.5 Å². The number of hydrogen-bond donors (Lipinski definition) is 2. The Morgan fingerprint density at radius 2 is 2.10 bits per heavy atom. The molecule has 0 amide bonds. The zero-order chi connectivity index (χ0) is 14.9. The Bertz CT molecular complexity index is 503. The van der Waals surface area contributed by atoms with Crippen molar-refractivity contribution in [3.05, 3.63) is 39.7 Å². The maximum atomic E-state index is 13.3. The Labute approximate surface area is 117 Å². The Hall–Kier alpha value is -1.53. The number of hydrogen-bond acceptors (Lipinski definition) is 4. The van der Waals surface area contributed by atoms with Crippen molar-refractivity contribution < 1.29 is 14.4 Å². The maximum Gasteiger partial charge on any atom is 0.305 e. The fourth-order valence-electron chi connectivity index (χ4n) is 2.23. The number of nitro groups is 1. The van der Waals surface area contributed by atoms with Crippen molar-refractivity contribution in [2.75, 3.05) is 0 Å². The first kappa shape index (κ1) is 14.9. The van der Waals surface area contributed by atoms with Crippen LogP contribution in [0.1, 0.15) is 38.4 Å². The fourth-order valence-corrected chi connectivity index (χ4v) is 2.23. The standard InChI is InChI=1S/C14H19FN2O3/c1-8(2)13(16-10-4-5-10)14(18)9-3-6-11(15)12(7-9)17(19)20/h3,6-8,10,13-14,16,18H,4-5H2,1-2H3. The third-order valence-corrected chi connectivity index (χ3v) is 3.57. The van der Waals surface area contributed by atoms with Gasteiger partial charge in [0.1, 0.15) is 0 Å². The minimum absolute atomic E-state index is 0.162. The number of nitrogens with zero attached hydrogens (tertiary/aromatic N) is 1. The molecule has 2 N–H and O–H groups in total. The Kier molecular flexibility index (Phi) is 4.35. The van der Waals surface area contributed by atoms with Crippen LogP contribution >= 0.6 is 0 Å². The minimum atomic E-state index is -0.894. The molecular weight excluding hydrogens is 263 g/mol. The summed E-state index contributed by atoms with van der Waals surface area (Å²) >= 11 is 0. The van der Waals surface area contributed by atoms with Gasteiger partial charge in [-0.25, -0.2) is 0 Å². The highest BCUT2D eigenvalue weighted by Crippen LogP contribution is 2.29. The lowest BCUT2D eigenvalue weighted by molar-refractivity contribution is -0.387. The summed E-state index contributed by atoms with van der Waals surface area (Å²) in [7, 11) is 0. The number of aliphatic hydroxyl groups excluding tert-OH is 1. The molecule has 0 radical (unpaired) electrons. The van der Waals surface area contributed by atoms with Crippen molar-refractivity contribution in [1.29, 1.82) is 0 Å².